The van der Waals surface area contributed by atoms with Crippen molar-refractivity contribution in [2.24, 2.45) is 0 Å². The van der Waals surface area contributed by atoms with Gasteiger partial charge in [-0.1, -0.05) is 0 Å². The molecule has 2 atom stereocenters. The SMILES string of the molecule is Cc1cc(CN(Cc2cn(C3CC3)c3cc(N4CCC[C@H](O)C4)c(F)cc3c2=O)[C@H]2CCCN(c3cccnc3)C2)ccn1. The van der Waals surface area contributed by atoms with E-state index in [-0.39, 0.29) is 11.5 Å². The van der Waals surface area contributed by atoms with Crippen molar-refractivity contribution >= 4 is 22.3 Å². The van der Waals surface area contributed by atoms with Crippen molar-refractivity contribution in [2.75, 3.05) is 36.0 Å². The standard InChI is InChI=1S/C35H41FN6O2/c1-24-15-25(10-12-38-24)19-41(29-6-3-13-39(22-29)28-5-2-11-37-18-28)20-26-21-42(27-8-9-27)33-17-34(32(36)16-31(33)35(26)44)40-14-4-7-30(43)23-40/h2,5,10-12,15-18,21,27,29-30,43H,3-4,6-9,13-14,19-20,22-23H2,1H3/t29-,30-/m0/s1. The summed E-state index contributed by atoms with van der Waals surface area (Å²) in [5.41, 5.74) is 5.12. The highest BCUT2D eigenvalue weighted by molar-refractivity contribution is 5.84. The summed E-state index contributed by atoms with van der Waals surface area (Å²) in [5.74, 6) is -0.397. The maximum Gasteiger partial charge on any atom is 0.193 e. The normalized spacial score (nSPS) is 20.9. The molecule has 1 aliphatic carbocycles. The lowest BCUT2D eigenvalue weighted by Crippen LogP contribution is -2.48. The van der Waals surface area contributed by atoms with E-state index in [4.69, 9.17) is 0 Å². The van der Waals surface area contributed by atoms with Crippen LogP contribution in [-0.4, -0.2) is 62.9 Å². The average molecular weight is 597 g/mol. The summed E-state index contributed by atoms with van der Waals surface area (Å²) in [6.07, 6.45) is 12.9. The molecule has 230 valence electrons. The number of fused-ring (bicyclic) bond motifs is 1. The van der Waals surface area contributed by atoms with Crippen molar-refractivity contribution < 1.29 is 9.50 Å². The van der Waals surface area contributed by atoms with Crippen LogP contribution in [0.3, 0.4) is 0 Å². The van der Waals surface area contributed by atoms with E-state index in [2.05, 4.69) is 42.5 Å². The Kier molecular flexibility index (Phi) is 8.08. The molecule has 0 radical (unpaired) electrons. The quantitative estimate of drug-likeness (QED) is 0.299. The van der Waals surface area contributed by atoms with Gasteiger partial charge in [-0.3, -0.25) is 19.7 Å². The number of aryl methyl sites for hydroxylation is 1. The smallest absolute Gasteiger partial charge is 0.193 e. The summed E-state index contributed by atoms with van der Waals surface area (Å²) in [4.78, 5) is 29.6. The first-order chi connectivity index (χ1) is 21.4. The Morgan fingerprint density at radius 1 is 1.00 bits per heavy atom. The molecule has 4 aromatic rings. The summed E-state index contributed by atoms with van der Waals surface area (Å²) >= 11 is 0. The lowest BCUT2D eigenvalue weighted by atomic mass is 10.0. The van der Waals surface area contributed by atoms with E-state index in [9.17, 15) is 9.90 Å². The van der Waals surface area contributed by atoms with Crippen LogP contribution in [0.2, 0.25) is 0 Å². The molecule has 1 N–H and O–H groups in total. The van der Waals surface area contributed by atoms with E-state index >= 15 is 4.39 Å². The minimum Gasteiger partial charge on any atom is -0.391 e. The fourth-order valence-electron chi connectivity index (χ4n) is 7.10. The van der Waals surface area contributed by atoms with Crippen LogP contribution < -0.4 is 15.2 Å². The van der Waals surface area contributed by atoms with Crippen molar-refractivity contribution in [1.82, 2.24) is 19.4 Å². The van der Waals surface area contributed by atoms with Gasteiger partial charge in [0.25, 0.3) is 0 Å². The van der Waals surface area contributed by atoms with Gasteiger partial charge >= 0.3 is 0 Å². The molecule has 5 heterocycles. The van der Waals surface area contributed by atoms with Crippen LogP contribution in [0.25, 0.3) is 10.9 Å². The van der Waals surface area contributed by atoms with Gasteiger partial charge in [0, 0.05) is 86.6 Å². The van der Waals surface area contributed by atoms with Crippen molar-refractivity contribution in [3.8, 4) is 0 Å². The van der Waals surface area contributed by atoms with Crippen molar-refractivity contribution in [3.05, 3.63) is 94.0 Å². The molecule has 2 saturated heterocycles. The molecule has 44 heavy (non-hydrogen) atoms. The van der Waals surface area contributed by atoms with E-state index in [0.717, 1.165) is 68.5 Å². The van der Waals surface area contributed by atoms with Crippen molar-refractivity contribution in [1.29, 1.82) is 0 Å². The Hall–Kier alpha value is -3.82. The topological polar surface area (TPSA) is 77.7 Å². The van der Waals surface area contributed by atoms with Gasteiger partial charge in [-0.25, -0.2) is 4.39 Å². The molecule has 3 fully saturated rings. The molecule has 0 spiro atoms. The number of halogens is 1. The Morgan fingerprint density at radius 2 is 1.84 bits per heavy atom. The van der Waals surface area contributed by atoms with Gasteiger partial charge in [0.15, 0.2) is 5.43 Å². The molecule has 8 nitrogen and oxygen atoms in total. The number of β-amino-alcohol motifs (C(OH)–C–C–N with tert-alkyl or cyclic N) is 1. The third kappa shape index (κ3) is 6.08. The minimum atomic E-state index is -0.462. The molecule has 7 rings (SSSR count). The second kappa shape index (κ2) is 12.3. The maximum atomic E-state index is 15.7. The Labute approximate surface area is 257 Å². The highest BCUT2D eigenvalue weighted by Gasteiger charge is 2.30. The van der Waals surface area contributed by atoms with Gasteiger partial charge in [-0.15, -0.1) is 0 Å². The fourth-order valence-corrected chi connectivity index (χ4v) is 7.10. The van der Waals surface area contributed by atoms with Crippen LogP contribution in [0.5, 0.6) is 0 Å². The van der Waals surface area contributed by atoms with Crippen molar-refractivity contribution in [2.45, 2.75) is 76.7 Å². The number of nitrogens with zero attached hydrogens (tertiary/aromatic N) is 6. The Balaban J connectivity index is 1.25. The minimum absolute atomic E-state index is 0.100. The zero-order chi connectivity index (χ0) is 30.2. The van der Waals surface area contributed by atoms with E-state index in [1.807, 2.05) is 42.5 Å². The zero-order valence-corrected chi connectivity index (χ0v) is 25.4. The summed E-state index contributed by atoms with van der Waals surface area (Å²) in [5, 5.41) is 10.7. The number of rotatable bonds is 8. The predicted octanol–water partition coefficient (Wildman–Crippen LogP) is 5.21. The van der Waals surface area contributed by atoms with Crippen molar-refractivity contribution in [3.63, 3.8) is 0 Å². The second-order valence-corrected chi connectivity index (χ2v) is 12.8. The van der Waals surface area contributed by atoms with Gasteiger partial charge in [-0.2, -0.15) is 0 Å². The number of piperidine rings is 2. The van der Waals surface area contributed by atoms with E-state index in [0.29, 0.717) is 48.9 Å². The molecular formula is C35H41FN6O2. The first kappa shape index (κ1) is 28.9. The number of aliphatic hydroxyl groups is 1. The fraction of sp³-hybridized carbons (Fsp3) is 0.457. The summed E-state index contributed by atoms with van der Waals surface area (Å²) in [7, 11) is 0. The predicted molar refractivity (Wildman–Crippen MR) is 172 cm³/mol. The first-order valence-electron chi connectivity index (χ1n) is 16.0. The lowest BCUT2D eigenvalue weighted by Gasteiger charge is -2.40. The molecule has 0 amide bonds. The molecule has 2 aliphatic heterocycles. The molecule has 1 saturated carbocycles. The van der Waals surface area contributed by atoms with Crippen LogP contribution in [-0.2, 0) is 13.1 Å². The number of anilines is 2. The summed E-state index contributed by atoms with van der Waals surface area (Å²) in [6, 6.07) is 12.1. The average Bonchev–Trinajstić information content (AvgIpc) is 3.88. The van der Waals surface area contributed by atoms with Gasteiger partial charge in [0.05, 0.1) is 29.2 Å². The summed E-state index contributed by atoms with van der Waals surface area (Å²) < 4.78 is 17.9. The second-order valence-electron chi connectivity index (χ2n) is 12.8. The largest absolute Gasteiger partial charge is 0.391 e. The molecule has 3 aromatic heterocycles. The van der Waals surface area contributed by atoms with E-state index < -0.39 is 11.9 Å². The highest BCUT2D eigenvalue weighted by Crippen LogP contribution is 2.38. The lowest BCUT2D eigenvalue weighted by molar-refractivity contribution is 0.154. The van der Waals surface area contributed by atoms with Gasteiger partial charge in [-0.05, 0) is 87.4 Å². The molecule has 0 unspecified atom stereocenters. The van der Waals surface area contributed by atoms with Gasteiger partial charge in [0.1, 0.15) is 5.82 Å². The number of hydrogen-bond donors (Lipinski definition) is 1. The Bertz CT molecular complexity index is 1690. The number of aromatic nitrogens is 3. The van der Waals surface area contributed by atoms with Crippen LogP contribution in [0.1, 0.15) is 61.4 Å². The van der Waals surface area contributed by atoms with Crippen LogP contribution in [0.15, 0.2) is 66.0 Å². The monoisotopic (exact) mass is 596 g/mol. The van der Waals surface area contributed by atoms with Crippen LogP contribution in [0.4, 0.5) is 15.8 Å². The number of hydrogen-bond acceptors (Lipinski definition) is 7. The maximum absolute atomic E-state index is 15.7. The number of pyridine rings is 3. The number of aliphatic hydroxyl groups excluding tert-OH is 1. The van der Waals surface area contributed by atoms with Crippen LogP contribution >= 0.6 is 0 Å². The molecule has 0 bridgehead atoms. The van der Waals surface area contributed by atoms with Gasteiger partial charge < -0.3 is 19.5 Å². The van der Waals surface area contributed by atoms with Crippen LogP contribution in [0, 0.1) is 12.7 Å². The third-order valence-corrected chi connectivity index (χ3v) is 9.50. The van der Waals surface area contributed by atoms with E-state index in [1.54, 1.807) is 6.20 Å². The zero-order valence-electron chi connectivity index (χ0n) is 25.4. The number of benzene rings is 1. The highest BCUT2D eigenvalue weighted by atomic mass is 19.1. The van der Waals surface area contributed by atoms with E-state index in [1.165, 1.54) is 11.6 Å². The first-order valence-corrected chi connectivity index (χ1v) is 16.0. The molecule has 3 aliphatic rings. The molecule has 9 heteroatoms. The molecule has 1 aromatic carbocycles. The summed E-state index contributed by atoms with van der Waals surface area (Å²) in [6.45, 7) is 6.12. The third-order valence-electron chi connectivity index (χ3n) is 9.50. The van der Waals surface area contributed by atoms with Gasteiger partial charge in [0.2, 0.25) is 0 Å². The Morgan fingerprint density at radius 3 is 2.61 bits per heavy atom. The molecular weight excluding hydrogens is 555 g/mol.